The van der Waals surface area contributed by atoms with Gasteiger partial charge in [0.1, 0.15) is 0 Å². The van der Waals surface area contributed by atoms with Crippen molar-refractivity contribution in [3.05, 3.63) is 29.6 Å². The maximum absolute atomic E-state index is 12.3. The van der Waals surface area contributed by atoms with Gasteiger partial charge in [-0.1, -0.05) is 6.07 Å². The number of hydrogen-bond donors (Lipinski definition) is 2. The van der Waals surface area contributed by atoms with Crippen LogP contribution in [-0.2, 0) is 16.8 Å². The van der Waals surface area contributed by atoms with Gasteiger partial charge in [0.05, 0.1) is 12.2 Å². The van der Waals surface area contributed by atoms with Gasteiger partial charge in [-0.25, -0.2) is 0 Å². The molecule has 118 valence electrons. The topological polar surface area (TPSA) is 74.3 Å². The van der Waals surface area contributed by atoms with Crippen LogP contribution in [0.25, 0.3) is 0 Å². The SMILES string of the molecule is CNCC1CCN(S(=O)(=O)NCc2cccc(C)n2)CC1. The average molecular weight is 312 g/mol. The van der Waals surface area contributed by atoms with Gasteiger partial charge in [0, 0.05) is 18.8 Å². The molecule has 0 bridgehead atoms. The van der Waals surface area contributed by atoms with Gasteiger partial charge in [0.15, 0.2) is 0 Å². The number of rotatable bonds is 6. The molecule has 21 heavy (non-hydrogen) atoms. The minimum absolute atomic E-state index is 0.237. The highest BCUT2D eigenvalue weighted by atomic mass is 32.2. The monoisotopic (exact) mass is 312 g/mol. The van der Waals surface area contributed by atoms with E-state index in [0.717, 1.165) is 30.8 Å². The molecule has 1 aromatic heterocycles. The zero-order chi connectivity index (χ0) is 15.3. The lowest BCUT2D eigenvalue weighted by Crippen LogP contribution is -2.45. The fraction of sp³-hybridized carbons (Fsp3) is 0.643. The van der Waals surface area contributed by atoms with Crippen molar-refractivity contribution in [3.63, 3.8) is 0 Å². The largest absolute Gasteiger partial charge is 0.319 e. The molecule has 0 aliphatic carbocycles. The van der Waals surface area contributed by atoms with Gasteiger partial charge in [-0.05, 0) is 51.4 Å². The molecule has 2 N–H and O–H groups in total. The minimum atomic E-state index is -3.41. The Morgan fingerprint density at radius 1 is 1.33 bits per heavy atom. The fourth-order valence-corrected chi connectivity index (χ4v) is 3.80. The van der Waals surface area contributed by atoms with Crippen LogP contribution in [-0.4, -0.2) is 44.4 Å². The Kier molecular flexibility index (Phi) is 5.69. The van der Waals surface area contributed by atoms with E-state index >= 15 is 0 Å². The van der Waals surface area contributed by atoms with E-state index < -0.39 is 10.2 Å². The van der Waals surface area contributed by atoms with E-state index in [4.69, 9.17) is 0 Å². The highest BCUT2D eigenvalue weighted by molar-refractivity contribution is 7.87. The third-order valence-electron chi connectivity index (χ3n) is 3.79. The number of nitrogens with one attached hydrogen (secondary N) is 2. The second-order valence-electron chi connectivity index (χ2n) is 5.50. The first kappa shape index (κ1) is 16.4. The lowest BCUT2D eigenvalue weighted by atomic mass is 9.98. The smallest absolute Gasteiger partial charge is 0.279 e. The van der Waals surface area contributed by atoms with Gasteiger partial charge < -0.3 is 5.32 Å². The van der Waals surface area contributed by atoms with Crippen LogP contribution < -0.4 is 10.0 Å². The van der Waals surface area contributed by atoms with E-state index in [-0.39, 0.29) is 6.54 Å². The summed E-state index contributed by atoms with van der Waals surface area (Å²) in [4.78, 5) is 4.30. The van der Waals surface area contributed by atoms with Gasteiger partial charge >= 0.3 is 0 Å². The Balaban J connectivity index is 1.88. The summed E-state index contributed by atoms with van der Waals surface area (Å²) in [6.07, 6.45) is 1.81. The molecule has 1 saturated heterocycles. The summed E-state index contributed by atoms with van der Waals surface area (Å²) in [6.45, 7) is 4.26. The molecule has 1 fully saturated rings. The Hall–Kier alpha value is -1.02. The normalized spacial score (nSPS) is 18.0. The molecule has 6 nitrogen and oxygen atoms in total. The molecule has 7 heteroatoms. The molecule has 1 aliphatic heterocycles. The van der Waals surface area contributed by atoms with Crippen LogP contribution in [0.4, 0.5) is 0 Å². The van der Waals surface area contributed by atoms with E-state index in [1.807, 2.05) is 32.2 Å². The molecule has 0 saturated carbocycles. The first-order valence-corrected chi connectivity index (χ1v) is 8.77. The Labute approximate surface area is 127 Å². The van der Waals surface area contributed by atoms with Crippen molar-refractivity contribution >= 4 is 10.2 Å². The molecular formula is C14H24N4O2S. The quantitative estimate of drug-likeness (QED) is 0.809. The summed E-state index contributed by atoms with van der Waals surface area (Å²) >= 11 is 0. The minimum Gasteiger partial charge on any atom is -0.319 e. The standard InChI is InChI=1S/C14H24N4O2S/c1-12-4-3-5-14(17-12)11-16-21(19,20)18-8-6-13(7-9-18)10-15-2/h3-5,13,15-16H,6-11H2,1-2H3. The van der Waals surface area contributed by atoms with Crippen molar-refractivity contribution in [2.24, 2.45) is 5.92 Å². The van der Waals surface area contributed by atoms with Crippen LogP contribution in [0.5, 0.6) is 0 Å². The van der Waals surface area contributed by atoms with Crippen LogP contribution in [0.15, 0.2) is 18.2 Å². The first-order valence-electron chi connectivity index (χ1n) is 7.33. The van der Waals surface area contributed by atoms with Gasteiger partial charge in [-0.15, -0.1) is 0 Å². The van der Waals surface area contributed by atoms with E-state index in [1.54, 1.807) is 0 Å². The Morgan fingerprint density at radius 2 is 2.05 bits per heavy atom. The van der Waals surface area contributed by atoms with Crippen LogP contribution in [0, 0.1) is 12.8 Å². The third kappa shape index (κ3) is 4.74. The van der Waals surface area contributed by atoms with Crippen molar-refractivity contribution in [1.82, 2.24) is 19.3 Å². The van der Waals surface area contributed by atoms with E-state index in [2.05, 4.69) is 15.0 Å². The Bertz CT molecular complexity index is 554. The fourth-order valence-electron chi connectivity index (χ4n) is 2.60. The molecular weight excluding hydrogens is 288 g/mol. The second-order valence-corrected chi connectivity index (χ2v) is 7.25. The maximum Gasteiger partial charge on any atom is 0.279 e. The van der Waals surface area contributed by atoms with Crippen LogP contribution in [0.2, 0.25) is 0 Å². The third-order valence-corrected chi connectivity index (χ3v) is 5.34. The highest BCUT2D eigenvalue weighted by Crippen LogP contribution is 2.18. The number of piperidine rings is 1. The maximum atomic E-state index is 12.3. The van der Waals surface area contributed by atoms with Crippen molar-refractivity contribution in [1.29, 1.82) is 0 Å². The van der Waals surface area contributed by atoms with E-state index in [9.17, 15) is 8.42 Å². The van der Waals surface area contributed by atoms with Crippen molar-refractivity contribution in [2.75, 3.05) is 26.7 Å². The molecule has 0 unspecified atom stereocenters. The molecule has 0 aromatic carbocycles. The Morgan fingerprint density at radius 3 is 2.67 bits per heavy atom. The molecule has 2 heterocycles. The van der Waals surface area contributed by atoms with Gasteiger partial charge in [0.2, 0.25) is 0 Å². The van der Waals surface area contributed by atoms with Crippen LogP contribution in [0.1, 0.15) is 24.2 Å². The number of aromatic nitrogens is 1. The lowest BCUT2D eigenvalue weighted by molar-refractivity contribution is 0.268. The van der Waals surface area contributed by atoms with Crippen molar-refractivity contribution < 1.29 is 8.42 Å². The predicted octanol–water partition coefficient (Wildman–Crippen LogP) is 0.656. The van der Waals surface area contributed by atoms with Crippen molar-refractivity contribution in [2.45, 2.75) is 26.3 Å². The molecule has 1 aromatic rings. The van der Waals surface area contributed by atoms with Gasteiger partial charge in [-0.2, -0.15) is 17.4 Å². The second kappa shape index (κ2) is 7.31. The lowest BCUT2D eigenvalue weighted by Gasteiger charge is -2.31. The summed E-state index contributed by atoms with van der Waals surface area (Å²) in [5, 5.41) is 3.15. The van der Waals surface area contributed by atoms with Crippen molar-refractivity contribution in [3.8, 4) is 0 Å². The molecule has 2 rings (SSSR count). The predicted molar refractivity (Wildman–Crippen MR) is 83.0 cm³/mol. The summed E-state index contributed by atoms with van der Waals surface area (Å²) in [7, 11) is -1.48. The molecule has 0 atom stereocenters. The van der Waals surface area contributed by atoms with Crippen LogP contribution >= 0.6 is 0 Å². The number of hydrogen-bond acceptors (Lipinski definition) is 4. The molecule has 0 amide bonds. The first-order chi connectivity index (χ1) is 10.0. The zero-order valence-electron chi connectivity index (χ0n) is 12.7. The highest BCUT2D eigenvalue weighted by Gasteiger charge is 2.27. The summed E-state index contributed by atoms with van der Waals surface area (Å²) < 4.78 is 28.7. The number of aryl methyl sites for hydroxylation is 1. The molecule has 0 radical (unpaired) electrons. The van der Waals surface area contributed by atoms with Crippen LogP contribution in [0.3, 0.4) is 0 Å². The van der Waals surface area contributed by atoms with Gasteiger partial charge in [0.25, 0.3) is 10.2 Å². The number of pyridine rings is 1. The summed E-state index contributed by atoms with van der Waals surface area (Å²) in [6, 6.07) is 5.61. The summed E-state index contributed by atoms with van der Waals surface area (Å²) in [5.41, 5.74) is 1.63. The molecule has 0 spiro atoms. The van der Waals surface area contributed by atoms with E-state index in [1.165, 1.54) is 4.31 Å². The summed E-state index contributed by atoms with van der Waals surface area (Å²) in [5.74, 6) is 0.569. The zero-order valence-corrected chi connectivity index (χ0v) is 13.5. The number of nitrogens with zero attached hydrogens (tertiary/aromatic N) is 2. The average Bonchev–Trinajstić information content (AvgIpc) is 2.46. The molecule has 1 aliphatic rings. The van der Waals surface area contributed by atoms with Gasteiger partial charge in [-0.3, -0.25) is 4.98 Å². The van der Waals surface area contributed by atoms with E-state index in [0.29, 0.717) is 19.0 Å².